The predicted molar refractivity (Wildman–Crippen MR) is 94.3 cm³/mol. The number of amides is 2. The number of rotatable bonds is 7. The van der Waals surface area contributed by atoms with Gasteiger partial charge in [0.25, 0.3) is 0 Å². The zero-order chi connectivity index (χ0) is 20.0. The number of methoxy groups -OCH3 is 3. The van der Waals surface area contributed by atoms with Crippen LogP contribution in [0.25, 0.3) is 0 Å². The van der Waals surface area contributed by atoms with Gasteiger partial charge in [0, 0.05) is 5.70 Å². The fraction of sp³-hybridized carbons (Fsp3) is 0.389. The van der Waals surface area contributed by atoms with Crippen molar-refractivity contribution in [3.8, 4) is 23.3 Å². The van der Waals surface area contributed by atoms with E-state index in [2.05, 4.69) is 17.2 Å². The number of esters is 1. The molecule has 2 amide bonds. The summed E-state index contributed by atoms with van der Waals surface area (Å²) in [5, 5.41) is 13.8. The van der Waals surface area contributed by atoms with E-state index in [1.54, 1.807) is 12.1 Å². The quantitative estimate of drug-likeness (QED) is 0.549. The number of carbonyl (C=O) groups excluding carboxylic acids is 2. The molecule has 9 nitrogen and oxygen atoms in total. The Hall–Kier alpha value is -3.41. The van der Waals surface area contributed by atoms with Gasteiger partial charge in [-0.25, -0.2) is 4.79 Å². The maximum absolute atomic E-state index is 12.5. The highest BCUT2D eigenvalue weighted by Crippen LogP contribution is 2.42. The Bertz CT molecular complexity index is 761. The first-order valence-electron chi connectivity index (χ1n) is 8.06. The first-order valence-corrected chi connectivity index (χ1v) is 8.06. The minimum atomic E-state index is -0.899. The number of nitrogens with zero attached hydrogens (tertiary/aromatic N) is 1. The molecule has 9 heteroatoms. The smallest absolute Gasteiger partial charge is 0.319 e. The zero-order valence-electron chi connectivity index (χ0n) is 15.3. The summed E-state index contributed by atoms with van der Waals surface area (Å²) in [4.78, 5) is 24.5. The van der Waals surface area contributed by atoms with Crippen molar-refractivity contribution in [1.82, 2.24) is 10.6 Å². The summed E-state index contributed by atoms with van der Waals surface area (Å²) in [5.41, 5.74) is 0.738. The van der Waals surface area contributed by atoms with Gasteiger partial charge in [-0.3, -0.25) is 4.79 Å². The van der Waals surface area contributed by atoms with Crippen molar-refractivity contribution in [2.75, 3.05) is 27.9 Å². The van der Waals surface area contributed by atoms with E-state index in [1.807, 2.05) is 6.07 Å². The number of ether oxygens (including phenoxy) is 4. The maximum atomic E-state index is 12.5. The number of carbonyl (C=O) groups is 2. The lowest BCUT2D eigenvalue weighted by molar-refractivity contribution is -0.148. The second kappa shape index (κ2) is 8.80. The fourth-order valence-corrected chi connectivity index (χ4v) is 2.81. The zero-order valence-corrected chi connectivity index (χ0v) is 15.3. The summed E-state index contributed by atoms with van der Waals surface area (Å²) in [6.45, 7) is 3.72. The van der Waals surface area contributed by atoms with Crippen molar-refractivity contribution in [3.05, 3.63) is 30.0 Å². The lowest BCUT2D eigenvalue weighted by Gasteiger charge is -2.33. The highest BCUT2D eigenvalue weighted by molar-refractivity contribution is 5.85. The monoisotopic (exact) mass is 375 g/mol. The summed E-state index contributed by atoms with van der Waals surface area (Å²) < 4.78 is 21.1. The molecule has 0 bridgehead atoms. The summed E-state index contributed by atoms with van der Waals surface area (Å²) in [6, 6.07) is 3.91. The Morgan fingerprint density at radius 2 is 1.85 bits per heavy atom. The van der Waals surface area contributed by atoms with Gasteiger partial charge in [-0.1, -0.05) is 6.58 Å². The first-order chi connectivity index (χ1) is 13.0. The highest BCUT2D eigenvalue weighted by Gasteiger charge is 2.39. The van der Waals surface area contributed by atoms with Gasteiger partial charge in [-0.2, -0.15) is 5.26 Å². The molecule has 2 N–H and O–H groups in total. The average Bonchev–Trinajstić information content (AvgIpc) is 2.66. The second-order valence-corrected chi connectivity index (χ2v) is 5.61. The molecule has 0 aromatic heterocycles. The Labute approximate surface area is 156 Å². The van der Waals surface area contributed by atoms with Gasteiger partial charge in [0.05, 0.1) is 39.9 Å². The number of nitriles is 1. The summed E-state index contributed by atoms with van der Waals surface area (Å²) in [5.74, 6) is -0.370. The molecule has 1 saturated heterocycles. The van der Waals surface area contributed by atoms with Gasteiger partial charge in [-0.05, 0) is 17.7 Å². The van der Waals surface area contributed by atoms with Gasteiger partial charge in [-0.15, -0.1) is 0 Å². The minimum absolute atomic E-state index is 0.0466. The molecule has 1 aliphatic rings. The minimum Gasteiger partial charge on any atom is -0.493 e. The second-order valence-electron chi connectivity index (χ2n) is 5.61. The first kappa shape index (κ1) is 19.9. The third-order valence-corrected chi connectivity index (χ3v) is 4.03. The molecule has 0 spiro atoms. The van der Waals surface area contributed by atoms with E-state index in [9.17, 15) is 9.59 Å². The van der Waals surface area contributed by atoms with Crippen LogP contribution in [0.3, 0.4) is 0 Å². The molecule has 1 aliphatic heterocycles. The van der Waals surface area contributed by atoms with E-state index >= 15 is 0 Å². The molecule has 1 fully saturated rings. The van der Waals surface area contributed by atoms with Crippen LogP contribution in [0, 0.1) is 17.2 Å². The molecular weight excluding hydrogens is 354 g/mol. The van der Waals surface area contributed by atoms with Gasteiger partial charge >= 0.3 is 12.0 Å². The number of hydrogen-bond donors (Lipinski definition) is 2. The Kier molecular flexibility index (Phi) is 6.49. The van der Waals surface area contributed by atoms with E-state index in [1.165, 1.54) is 21.3 Å². The maximum Gasteiger partial charge on any atom is 0.319 e. The third-order valence-electron chi connectivity index (χ3n) is 4.03. The molecule has 0 aliphatic carbocycles. The van der Waals surface area contributed by atoms with Crippen LogP contribution in [0.2, 0.25) is 0 Å². The lowest BCUT2D eigenvalue weighted by Crippen LogP contribution is -2.51. The van der Waals surface area contributed by atoms with Crippen LogP contribution in [0.1, 0.15) is 18.0 Å². The standard InChI is InChI=1S/C18H21N3O6/c1-10-14(17(22)27-7-5-6-19)15(21-18(23)20-10)11-8-12(24-2)16(26-4)13(9-11)25-3/h8-9,14-15H,1,5,7H2,2-4H3,(H2,20,21,23)/t14-,15+/m0/s1. The topological polar surface area (TPSA) is 119 Å². The Morgan fingerprint density at radius 1 is 1.22 bits per heavy atom. The number of urea groups is 1. The lowest BCUT2D eigenvalue weighted by atomic mass is 9.88. The molecule has 0 unspecified atom stereocenters. The van der Waals surface area contributed by atoms with Gasteiger partial charge in [0.1, 0.15) is 12.5 Å². The molecule has 2 rings (SSSR count). The van der Waals surface area contributed by atoms with Crippen molar-refractivity contribution in [2.24, 2.45) is 5.92 Å². The van der Waals surface area contributed by atoms with Crippen LogP contribution in [0.4, 0.5) is 4.79 Å². The van der Waals surface area contributed by atoms with E-state index in [0.29, 0.717) is 22.8 Å². The van der Waals surface area contributed by atoms with Crippen molar-refractivity contribution in [3.63, 3.8) is 0 Å². The van der Waals surface area contributed by atoms with Crippen molar-refractivity contribution in [2.45, 2.75) is 12.5 Å². The molecule has 1 aromatic carbocycles. The van der Waals surface area contributed by atoms with Crippen LogP contribution >= 0.6 is 0 Å². The van der Waals surface area contributed by atoms with E-state index in [0.717, 1.165) is 0 Å². The SMILES string of the molecule is C=C1NC(=O)N[C@H](c2cc(OC)c(OC)c(OC)c2)[C@H]1C(=O)OCCC#N. The largest absolute Gasteiger partial charge is 0.493 e. The Morgan fingerprint density at radius 3 is 2.37 bits per heavy atom. The molecule has 27 heavy (non-hydrogen) atoms. The number of nitrogens with one attached hydrogen (secondary N) is 2. The van der Waals surface area contributed by atoms with Gasteiger partial charge < -0.3 is 29.6 Å². The average molecular weight is 375 g/mol. The summed E-state index contributed by atoms with van der Waals surface area (Å²) in [7, 11) is 4.41. The van der Waals surface area contributed by atoms with Gasteiger partial charge in [0.15, 0.2) is 11.5 Å². The van der Waals surface area contributed by atoms with Crippen LogP contribution in [0.5, 0.6) is 17.2 Å². The fourth-order valence-electron chi connectivity index (χ4n) is 2.81. The third kappa shape index (κ3) is 4.23. The predicted octanol–water partition coefficient (Wildman–Crippen LogP) is 1.65. The molecule has 1 heterocycles. The molecule has 0 radical (unpaired) electrons. The van der Waals surface area contributed by atoms with Gasteiger partial charge in [0.2, 0.25) is 5.75 Å². The number of benzene rings is 1. The van der Waals surface area contributed by atoms with Crippen molar-refractivity contribution < 1.29 is 28.5 Å². The van der Waals surface area contributed by atoms with Crippen LogP contribution < -0.4 is 24.8 Å². The normalized spacial score (nSPS) is 18.6. The molecule has 144 valence electrons. The molecule has 2 atom stereocenters. The summed E-state index contributed by atoms with van der Waals surface area (Å²) in [6.07, 6.45) is 0.0690. The Balaban J connectivity index is 2.45. The van der Waals surface area contributed by atoms with Crippen LogP contribution in [-0.2, 0) is 9.53 Å². The number of hydrogen-bond acceptors (Lipinski definition) is 7. The van der Waals surface area contributed by atoms with Crippen molar-refractivity contribution >= 4 is 12.0 Å². The van der Waals surface area contributed by atoms with Crippen molar-refractivity contribution in [1.29, 1.82) is 5.26 Å². The van der Waals surface area contributed by atoms with E-state index in [-0.39, 0.29) is 18.7 Å². The van der Waals surface area contributed by atoms with Crippen LogP contribution in [-0.4, -0.2) is 39.9 Å². The summed E-state index contributed by atoms with van der Waals surface area (Å²) >= 11 is 0. The van der Waals surface area contributed by atoms with E-state index < -0.39 is 24.0 Å². The highest BCUT2D eigenvalue weighted by atomic mass is 16.5. The van der Waals surface area contributed by atoms with E-state index in [4.69, 9.17) is 24.2 Å². The molecular formula is C18H21N3O6. The molecule has 0 saturated carbocycles. The van der Waals surface area contributed by atoms with Crippen LogP contribution in [0.15, 0.2) is 24.4 Å². The molecule has 1 aromatic rings.